The molecule has 1 rings (SSSR count). The summed E-state index contributed by atoms with van der Waals surface area (Å²) in [5.41, 5.74) is 0. The highest BCUT2D eigenvalue weighted by molar-refractivity contribution is 5.78. The predicted octanol–water partition coefficient (Wildman–Crippen LogP) is 0.747. The van der Waals surface area contributed by atoms with Gasteiger partial charge in [-0.2, -0.15) is 5.26 Å². The summed E-state index contributed by atoms with van der Waals surface area (Å²) in [4.78, 5) is 13.6. The Bertz CT molecular complexity index is 249. The van der Waals surface area contributed by atoms with Crippen LogP contribution in [0.15, 0.2) is 0 Å². The first-order valence-corrected chi connectivity index (χ1v) is 5.53. The van der Waals surface area contributed by atoms with Crippen molar-refractivity contribution in [3.05, 3.63) is 0 Å². The molecule has 0 unspecified atom stereocenters. The molecule has 0 spiro atoms. The number of likely N-dealkylation sites (tertiary alicyclic amines) is 1. The highest BCUT2D eigenvalue weighted by Gasteiger charge is 2.20. The summed E-state index contributed by atoms with van der Waals surface area (Å²) in [7, 11) is 0. The van der Waals surface area contributed by atoms with E-state index in [9.17, 15) is 4.79 Å². The number of amides is 1. The van der Waals surface area contributed by atoms with Gasteiger partial charge < -0.3 is 5.32 Å². The number of nitrogens with zero attached hydrogens (tertiary/aromatic N) is 2. The number of hydrogen-bond acceptors (Lipinski definition) is 3. The molecule has 1 N–H and O–H groups in total. The molecule has 1 aliphatic heterocycles. The van der Waals surface area contributed by atoms with Crippen molar-refractivity contribution >= 4 is 5.91 Å². The van der Waals surface area contributed by atoms with Gasteiger partial charge in [0, 0.05) is 12.0 Å². The van der Waals surface area contributed by atoms with Crippen LogP contribution in [0.3, 0.4) is 0 Å². The Labute approximate surface area is 91.2 Å². The zero-order valence-electron chi connectivity index (χ0n) is 9.49. The van der Waals surface area contributed by atoms with Gasteiger partial charge in [-0.05, 0) is 39.8 Å². The van der Waals surface area contributed by atoms with Crippen LogP contribution in [0.5, 0.6) is 0 Å². The monoisotopic (exact) mass is 209 g/mol. The third kappa shape index (κ3) is 4.30. The fraction of sp³-hybridized carbons (Fsp3) is 0.818. The van der Waals surface area contributed by atoms with E-state index in [1.807, 2.05) is 13.8 Å². The minimum Gasteiger partial charge on any atom is -0.353 e. The molecule has 1 saturated heterocycles. The molecule has 0 radical (unpaired) electrons. The fourth-order valence-corrected chi connectivity index (χ4v) is 1.79. The van der Waals surface area contributed by atoms with Gasteiger partial charge in [-0.1, -0.05) is 0 Å². The van der Waals surface area contributed by atoms with E-state index in [2.05, 4.69) is 16.3 Å². The molecule has 4 nitrogen and oxygen atoms in total. The van der Waals surface area contributed by atoms with Gasteiger partial charge in [-0.3, -0.25) is 9.69 Å². The summed E-state index contributed by atoms with van der Waals surface area (Å²) < 4.78 is 0. The van der Waals surface area contributed by atoms with E-state index >= 15 is 0 Å². The lowest BCUT2D eigenvalue weighted by Gasteiger charge is -2.28. The summed E-state index contributed by atoms with van der Waals surface area (Å²) in [5.74, 6) is 0.273. The molecule has 0 bridgehead atoms. The predicted molar refractivity (Wildman–Crippen MR) is 58.1 cm³/mol. The molecular formula is C11H19N3O. The largest absolute Gasteiger partial charge is 0.353 e. The fourth-order valence-electron chi connectivity index (χ4n) is 1.79. The van der Waals surface area contributed by atoms with Crippen LogP contribution in [-0.4, -0.2) is 36.5 Å². The number of nitrogens with one attached hydrogen (secondary N) is 1. The zero-order chi connectivity index (χ0) is 11.3. The van der Waals surface area contributed by atoms with Gasteiger partial charge in [0.2, 0.25) is 5.91 Å². The lowest BCUT2D eigenvalue weighted by Crippen LogP contribution is -2.43. The molecule has 1 heterocycles. The highest BCUT2D eigenvalue weighted by atomic mass is 16.2. The number of nitriles is 1. The van der Waals surface area contributed by atoms with Gasteiger partial charge in [0.25, 0.3) is 0 Å². The van der Waals surface area contributed by atoms with E-state index in [1.165, 1.54) is 0 Å². The Kier molecular flexibility index (Phi) is 4.57. The number of rotatable bonds is 3. The molecule has 84 valence electrons. The van der Waals surface area contributed by atoms with Gasteiger partial charge in [-0.15, -0.1) is 0 Å². The Morgan fingerprint density at radius 3 is 2.60 bits per heavy atom. The van der Waals surface area contributed by atoms with Crippen LogP contribution in [-0.2, 0) is 4.79 Å². The molecule has 1 fully saturated rings. The number of piperidine rings is 1. The minimum absolute atomic E-state index is 0.0837. The smallest absolute Gasteiger partial charge is 0.234 e. The van der Waals surface area contributed by atoms with Crippen LogP contribution in [0, 0.1) is 17.2 Å². The van der Waals surface area contributed by atoms with Crippen molar-refractivity contribution in [2.45, 2.75) is 32.7 Å². The van der Waals surface area contributed by atoms with Crippen molar-refractivity contribution in [2.24, 2.45) is 5.92 Å². The first kappa shape index (κ1) is 12.0. The Balaban J connectivity index is 2.24. The third-order valence-corrected chi connectivity index (χ3v) is 2.59. The van der Waals surface area contributed by atoms with Crippen LogP contribution >= 0.6 is 0 Å². The van der Waals surface area contributed by atoms with Gasteiger partial charge in [0.15, 0.2) is 0 Å². The SMILES string of the molecule is CC(C)NC(=O)CN1CCC(C#N)CC1. The topological polar surface area (TPSA) is 56.1 Å². The summed E-state index contributed by atoms with van der Waals surface area (Å²) in [6.07, 6.45) is 1.79. The Morgan fingerprint density at radius 2 is 2.13 bits per heavy atom. The number of carbonyl (C=O) groups is 1. The van der Waals surface area contributed by atoms with E-state index in [0.717, 1.165) is 25.9 Å². The molecular weight excluding hydrogens is 190 g/mol. The van der Waals surface area contributed by atoms with E-state index in [-0.39, 0.29) is 17.9 Å². The molecule has 0 aromatic carbocycles. The quantitative estimate of drug-likeness (QED) is 0.746. The lowest BCUT2D eigenvalue weighted by molar-refractivity contribution is -0.123. The molecule has 0 aromatic heterocycles. The van der Waals surface area contributed by atoms with Crippen molar-refractivity contribution < 1.29 is 4.79 Å². The molecule has 0 aliphatic carbocycles. The molecule has 1 aliphatic rings. The normalized spacial score (nSPS) is 18.8. The number of hydrogen-bond donors (Lipinski definition) is 1. The lowest BCUT2D eigenvalue weighted by atomic mass is 9.99. The summed E-state index contributed by atoms with van der Waals surface area (Å²) in [6.45, 7) is 6.11. The van der Waals surface area contributed by atoms with Crippen LogP contribution < -0.4 is 5.32 Å². The number of carbonyl (C=O) groups excluding carboxylic acids is 1. The van der Waals surface area contributed by atoms with Crippen molar-refractivity contribution in [1.82, 2.24) is 10.2 Å². The average molecular weight is 209 g/mol. The van der Waals surface area contributed by atoms with E-state index in [4.69, 9.17) is 5.26 Å². The summed E-state index contributed by atoms with van der Waals surface area (Å²) in [5, 5.41) is 11.6. The highest BCUT2D eigenvalue weighted by Crippen LogP contribution is 2.15. The Hall–Kier alpha value is -1.08. The van der Waals surface area contributed by atoms with Crippen LogP contribution in [0.25, 0.3) is 0 Å². The first-order chi connectivity index (χ1) is 7.11. The van der Waals surface area contributed by atoms with E-state index in [1.54, 1.807) is 0 Å². The van der Waals surface area contributed by atoms with Crippen molar-refractivity contribution in [3.8, 4) is 6.07 Å². The first-order valence-electron chi connectivity index (χ1n) is 5.53. The molecule has 4 heteroatoms. The van der Waals surface area contributed by atoms with Crippen LogP contribution in [0.2, 0.25) is 0 Å². The molecule has 0 atom stereocenters. The van der Waals surface area contributed by atoms with Gasteiger partial charge in [-0.25, -0.2) is 0 Å². The maximum atomic E-state index is 11.5. The second-order valence-corrected chi connectivity index (χ2v) is 4.40. The molecule has 1 amide bonds. The van der Waals surface area contributed by atoms with E-state index in [0.29, 0.717) is 6.54 Å². The van der Waals surface area contributed by atoms with E-state index < -0.39 is 0 Å². The van der Waals surface area contributed by atoms with Crippen molar-refractivity contribution in [3.63, 3.8) is 0 Å². The zero-order valence-corrected chi connectivity index (χ0v) is 9.49. The van der Waals surface area contributed by atoms with Gasteiger partial charge >= 0.3 is 0 Å². The third-order valence-electron chi connectivity index (χ3n) is 2.59. The second kappa shape index (κ2) is 5.72. The standard InChI is InChI=1S/C11H19N3O/c1-9(2)13-11(15)8-14-5-3-10(7-12)4-6-14/h9-10H,3-6,8H2,1-2H3,(H,13,15). The van der Waals surface area contributed by atoms with Crippen LogP contribution in [0.4, 0.5) is 0 Å². The second-order valence-electron chi connectivity index (χ2n) is 4.40. The maximum Gasteiger partial charge on any atom is 0.234 e. The van der Waals surface area contributed by atoms with Crippen LogP contribution in [0.1, 0.15) is 26.7 Å². The summed E-state index contributed by atoms with van der Waals surface area (Å²) in [6, 6.07) is 2.49. The van der Waals surface area contributed by atoms with Crippen molar-refractivity contribution in [2.75, 3.05) is 19.6 Å². The van der Waals surface area contributed by atoms with Gasteiger partial charge in [0.05, 0.1) is 12.6 Å². The molecule has 15 heavy (non-hydrogen) atoms. The molecule has 0 aromatic rings. The van der Waals surface area contributed by atoms with Gasteiger partial charge in [0.1, 0.15) is 0 Å². The summed E-state index contributed by atoms with van der Waals surface area (Å²) >= 11 is 0. The minimum atomic E-state index is 0.0837. The maximum absolute atomic E-state index is 11.5. The average Bonchev–Trinajstić information content (AvgIpc) is 2.17. The van der Waals surface area contributed by atoms with Crippen molar-refractivity contribution in [1.29, 1.82) is 5.26 Å². The Morgan fingerprint density at radius 1 is 1.53 bits per heavy atom. The molecule has 0 saturated carbocycles.